The maximum atomic E-state index is 12.4. The van der Waals surface area contributed by atoms with Crippen molar-refractivity contribution in [1.29, 1.82) is 0 Å². The number of amides is 1. The lowest BCUT2D eigenvalue weighted by molar-refractivity contribution is -0.264. The predicted octanol–water partition coefficient (Wildman–Crippen LogP) is 4.88. The number of alkyl halides is 3. The Hall–Kier alpha value is -0.520. The second-order valence-corrected chi connectivity index (χ2v) is 11.2. The smallest absolute Gasteiger partial charge is 0.407 e. The number of hydrogen-bond acceptors (Lipinski definition) is 8. The zero-order chi connectivity index (χ0) is 27.0. The van der Waals surface area contributed by atoms with Crippen LogP contribution in [0, 0.1) is 0 Å². The van der Waals surface area contributed by atoms with E-state index in [1.54, 1.807) is 20.1 Å². The molecule has 2 N–H and O–H groups in total. The van der Waals surface area contributed by atoms with E-state index in [0.717, 1.165) is 19.3 Å². The third kappa shape index (κ3) is 13.3. The van der Waals surface area contributed by atoms with Crippen LogP contribution in [-0.4, -0.2) is 85.8 Å². The number of methoxy groups -OCH3 is 2. The molecule has 0 aliphatic carbocycles. The third-order valence-corrected chi connectivity index (χ3v) is 6.05. The summed E-state index contributed by atoms with van der Waals surface area (Å²) in [6.45, 7) is 3.87. The number of aliphatic hydroxyl groups is 1. The lowest BCUT2D eigenvalue weighted by atomic mass is 9.96. The Kier molecular flexibility index (Phi) is 17.4. The summed E-state index contributed by atoms with van der Waals surface area (Å²) in [5.74, 6) is 0. The molecule has 0 bridgehead atoms. The molecule has 1 aliphatic rings. The summed E-state index contributed by atoms with van der Waals surface area (Å²) in [7, 11) is 3.18. The Balaban J connectivity index is 2.88. The molecule has 0 aromatic rings. The van der Waals surface area contributed by atoms with Crippen LogP contribution in [0.25, 0.3) is 0 Å². The number of hydrogen-bond donors (Lipinski definition) is 2. The van der Waals surface area contributed by atoms with Gasteiger partial charge in [0.1, 0.15) is 31.0 Å². The van der Waals surface area contributed by atoms with Crippen LogP contribution in [0.1, 0.15) is 58.8 Å². The van der Waals surface area contributed by atoms with Gasteiger partial charge in [-0.3, -0.25) is 0 Å². The van der Waals surface area contributed by atoms with Gasteiger partial charge < -0.3 is 38.8 Å². The van der Waals surface area contributed by atoms with Gasteiger partial charge in [0.05, 0.1) is 19.0 Å². The topological polar surface area (TPSA) is 105 Å². The molecule has 1 aliphatic heterocycles. The number of rotatable bonds is 17. The van der Waals surface area contributed by atoms with Crippen molar-refractivity contribution in [3.8, 4) is 0 Å². The lowest BCUT2D eigenvalue weighted by Crippen LogP contribution is -2.65. The van der Waals surface area contributed by atoms with Gasteiger partial charge in [0, 0.05) is 20.8 Å². The monoisotopic (exact) mass is 577 g/mol. The van der Waals surface area contributed by atoms with E-state index in [0.29, 0.717) is 6.42 Å². The Labute approximate surface area is 230 Å². The van der Waals surface area contributed by atoms with Crippen molar-refractivity contribution in [2.75, 3.05) is 34.0 Å². The number of nitrogens with one attached hydrogen (secondary N) is 1. The molecule has 0 unspecified atom stereocenters. The van der Waals surface area contributed by atoms with Crippen LogP contribution in [-0.2, 0) is 28.4 Å². The summed E-state index contributed by atoms with van der Waals surface area (Å²) in [5.41, 5.74) is 0. The van der Waals surface area contributed by atoms with E-state index in [1.165, 1.54) is 32.6 Å². The molecular formula is C24H42Cl3NO8. The Morgan fingerprint density at radius 1 is 1.17 bits per heavy atom. The van der Waals surface area contributed by atoms with Crippen molar-refractivity contribution in [3.63, 3.8) is 0 Å². The summed E-state index contributed by atoms with van der Waals surface area (Å²) < 4.78 is 31.6. The van der Waals surface area contributed by atoms with Gasteiger partial charge in [0.15, 0.2) is 0 Å². The summed E-state index contributed by atoms with van der Waals surface area (Å²) >= 11 is 17.0. The van der Waals surface area contributed by atoms with Crippen LogP contribution in [0.5, 0.6) is 0 Å². The highest BCUT2D eigenvalue weighted by atomic mass is 35.6. The van der Waals surface area contributed by atoms with Gasteiger partial charge >= 0.3 is 6.09 Å². The van der Waals surface area contributed by atoms with Crippen LogP contribution in [0.2, 0.25) is 0 Å². The van der Waals surface area contributed by atoms with E-state index in [9.17, 15) is 9.90 Å². The molecule has 1 rings (SSSR count). The van der Waals surface area contributed by atoms with Crippen molar-refractivity contribution in [2.24, 2.45) is 0 Å². The Morgan fingerprint density at radius 3 is 2.50 bits per heavy atom. The zero-order valence-electron chi connectivity index (χ0n) is 21.6. The first-order valence-electron chi connectivity index (χ1n) is 12.4. The molecule has 1 fully saturated rings. The number of aliphatic hydroxyl groups excluding tert-OH is 1. The molecule has 0 saturated carbocycles. The van der Waals surface area contributed by atoms with Gasteiger partial charge in [-0.15, -0.1) is 0 Å². The summed E-state index contributed by atoms with van der Waals surface area (Å²) in [6, 6.07) is -0.928. The summed E-state index contributed by atoms with van der Waals surface area (Å²) in [4.78, 5) is 12.4. The molecule has 0 radical (unpaired) electrons. The molecule has 0 aromatic carbocycles. The molecule has 12 heteroatoms. The fourth-order valence-electron chi connectivity index (χ4n) is 3.86. The largest absolute Gasteiger partial charge is 0.471 e. The zero-order valence-corrected chi connectivity index (χ0v) is 23.9. The number of allylic oxidation sites excluding steroid dienone is 1. The highest BCUT2D eigenvalue weighted by molar-refractivity contribution is 6.67. The Bertz CT molecular complexity index is 623. The van der Waals surface area contributed by atoms with Gasteiger partial charge in [0.2, 0.25) is 10.1 Å². The highest BCUT2D eigenvalue weighted by Crippen LogP contribution is 2.28. The number of alkyl carbamates (subject to hydrolysis) is 1. The number of carbonyl (C=O) groups excluding carboxylic acids is 1. The van der Waals surface area contributed by atoms with Gasteiger partial charge in [-0.1, -0.05) is 79.9 Å². The fourth-order valence-corrected chi connectivity index (χ4v) is 4.02. The van der Waals surface area contributed by atoms with Gasteiger partial charge in [-0.25, -0.2) is 4.79 Å². The van der Waals surface area contributed by atoms with E-state index >= 15 is 0 Å². The first kappa shape index (κ1) is 33.5. The quantitative estimate of drug-likeness (QED) is 0.143. The minimum absolute atomic E-state index is 0.0223. The second kappa shape index (κ2) is 18.7. The molecule has 9 nitrogen and oxygen atoms in total. The summed E-state index contributed by atoms with van der Waals surface area (Å²) in [6.07, 6.45) is 5.91. The highest BCUT2D eigenvalue weighted by Gasteiger charge is 2.48. The average Bonchev–Trinajstić information content (AvgIpc) is 2.83. The molecule has 1 heterocycles. The minimum Gasteiger partial charge on any atom is -0.471 e. The van der Waals surface area contributed by atoms with Crippen molar-refractivity contribution in [3.05, 3.63) is 12.3 Å². The molecular weight excluding hydrogens is 537 g/mol. The minimum atomic E-state index is -1.77. The van der Waals surface area contributed by atoms with Crippen LogP contribution in [0.3, 0.4) is 0 Å². The van der Waals surface area contributed by atoms with E-state index in [-0.39, 0.29) is 19.3 Å². The van der Waals surface area contributed by atoms with Crippen LogP contribution < -0.4 is 5.32 Å². The van der Waals surface area contributed by atoms with Crippen LogP contribution in [0.15, 0.2) is 12.3 Å². The maximum absolute atomic E-state index is 12.4. The van der Waals surface area contributed by atoms with Crippen molar-refractivity contribution in [1.82, 2.24) is 5.32 Å². The number of halogens is 3. The van der Waals surface area contributed by atoms with Crippen molar-refractivity contribution >= 4 is 40.9 Å². The van der Waals surface area contributed by atoms with E-state index in [4.69, 9.17) is 63.2 Å². The van der Waals surface area contributed by atoms with Gasteiger partial charge in [0.25, 0.3) is 0 Å². The first-order valence-corrected chi connectivity index (χ1v) is 13.5. The van der Waals surface area contributed by atoms with Crippen LogP contribution in [0.4, 0.5) is 4.79 Å². The normalized spacial score (nSPS) is 25.6. The molecule has 1 amide bonds. The molecule has 6 atom stereocenters. The predicted molar refractivity (Wildman–Crippen MR) is 140 cm³/mol. The van der Waals surface area contributed by atoms with Gasteiger partial charge in [-0.2, -0.15) is 0 Å². The average molecular weight is 579 g/mol. The van der Waals surface area contributed by atoms with Crippen molar-refractivity contribution < 1.29 is 38.3 Å². The molecule has 1 saturated heterocycles. The third-order valence-electron chi connectivity index (χ3n) is 5.72. The summed E-state index contributed by atoms with van der Waals surface area (Å²) in [5, 5.41) is 13.6. The second-order valence-electron chi connectivity index (χ2n) is 8.64. The maximum Gasteiger partial charge on any atom is 0.407 e. The molecule has 0 spiro atoms. The lowest BCUT2D eigenvalue weighted by Gasteiger charge is -2.43. The molecule has 0 aromatic heterocycles. The number of unbranched alkanes of at least 4 members (excludes halogenated alkanes) is 4. The number of ether oxygens (including phenoxy) is 6. The first-order chi connectivity index (χ1) is 17.2. The van der Waals surface area contributed by atoms with Gasteiger partial charge in [-0.05, 0) is 19.8 Å². The van der Waals surface area contributed by atoms with Crippen LogP contribution >= 0.6 is 34.8 Å². The fraction of sp³-hybridized carbons (Fsp3) is 0.875. The van der Waals surface area contributed by atoms with E-state index in [2.05, 4.69) is 12.2 Å². The molecule has 212 valence electrons. The van der Waals surface area contributed by atoms with E-state index in [1.807, 2.05) is 0 Å². The SMILES string of the molecule is CC=CO[C@H]1O[C@H](COC)[C@@H](O)[C@H](OCC[C@@H](CCCCCCC)OC)[C@H]1NC(=O)OCC(Cl)(Cl)Cl. The van der Waals surface area contributed by atoms with E-state index < -0.39 is 47.1 Å². The Morgan fingerprint density at radius 2 is 1.89 bits per heavy atom. The van der Waals surface area contributed by atoms with Crippen molar-refractivity contribution in [2.45, 2.75) is 99.3 Å². The molecule has 36 heavy (non-hydrogen) atoms. The standard InChI is InChI=1S/C24H42Cl3NO8/c1-5-7-8-9-10-11-17(32-4)12-14-33-21-19(28-23(30)35-16-24(25,26)27)22(34-13-6-2)36-18(15-31-3)20(21)29/h6,13,17-22,29H,5,7-12,14-16H2,1-4H3,(H,28,30)/t17-,18-,19-,20-,21-,22+/m1/s1. The number of carbonyl (C=O) groups is 1.